The Bertz CT molecular complexity index is 495. The quantitative estimate of drug-likeness (QED) is 0.809. The van der Waals surface area contributed by atoms with E-state index in [2.05, 4.69) is 5.32 Å². The highest BCUT2D eigenvalue weighted by molar-refractivity contribution is 5.82. The van der Waals surface area contributed by atoms with Crippen LogP contribution in [0.25, 0.3) is 0 Å². The van der Waals surface area contributed by atoms with Crippen molar-refractivity contribution >= 4 is 18.0 Å². The summed E-state index contributed by atoms with van der Waals surface area (Å²) in [4.78, 5) is 41.2. The third-order valence-corrected chi connectivity index (χ3v) is 4.36. The lowest BCUT2D eigenvalue weighted by atomic mass is 10.1. The molecule has 2 aliphatic rings. The molecule has 1 unspecified atom stereocenters. The molecule has 8 nitrogen and oxygen atoms in total. The first-order chi connectivity index (χ1) is 11.2. The summed E-state index contributed by atoms with van der Waals surface area (Å²) in [6.45, 7) is 10.5. The zero-order valence-electron chi connectivity index (χ0n) is 15.0. The normalized spacial score (nSPS) is 21.9. The molecule has 2 rings (SSSR count). The maximum absolute atomic E-state index is 12.4. The molecule has 0 aromatic carbocycles. The van der Waals surface area contributed by atoms with E-state index >= 15 is 0 Å². The first-order valence-corrected chi connectivity index (χ1v) is 8.50. The van der Waals surface area contributed by atoms with Gasteiger partial charge in [-0.15, -0.1) is 0 Å². The van der Waals surface area contributed by atoms with Crippen LogP contribution in [0.1, 0.15) is 34.1 Å². The molecular weight excluding hydrogens is 312 g/mol. The Hall–Kier alpha value is -1.99. The second-order valence-corrected chi connectivity index (χ2v) is 7.20. The average molecular weight is 340 g/mol. The Kier molecular flexibility index (Phi) is 5.56. The van der Waals surface area contributed by atoms with E-state index < -0.39 is 0 Å². The standard InChI is InChI=1S/C16H28N4O4/c1-5-24-15(23)19-8-6-18(7-9-19)14(22)17-12-10-13(21)20(11-12)16(2,3)4/h12H,5-11H2,1-4H3,(H,17,22). The number of hydrogen-bond donors (Lipinski definition) is 1. The number of ether oxygens (including phenoxy) is 1. The number of piperazine rings is 1. The monoisotopic (exact) mass is 340 g/mol. The van der Waals surface area contributed by atoms with Gasteiger partial charge in [0.05, 0.1) is 12.6 Å². The predicted molar refractivity (Wildman–Crippen MR) is 88.6 cm³/mol. The van der Waals surface area contributed by atoms with Crippen LogP contribution in [0, 0.1) is 0 Å². The van der Waals surface area contributed by atoms with Crippen LogP contribution in [0.5, 0.6) is 0 Å². The van der Waals surface area contributed by atoms with Gasteiger partial charge in [0.25, 0.3) is 0 Å². The van der Waals surface area contributed by atoms with Crippen molar-refractivity contribution in [3.63, 3.8) is 0 Å². The van der Waals surface area contributed by atoms with Crippen molar-refractivity contribution in [1.29, 1.82) is 0 Å². The van der Waals surface area contributed by atoms with Gasteiger partial charge < -0.3 is 24.8 Å². The highest BCUT2D eigenvalue weighted by atomic mass is 16.6. The Labute approximate surface area is 143 Å². The van der Waals surface area contributed by atoms with Crippen LogP contribution >= 0.6 is 0 Å². The van der Waals surface area contributed by atoms with Crippen LogP contribution in [0.15, 0.2) is 0 Å². The van der Waals surface area contributed by atoms with Gasteiger partial charge in [-0.3, -0.25) is 4.79 Å². The number of urea groups is 1. The topological polar surface area (TPSA) is 82.2 Å². The van der Waals surface area contributed by atoms with E-state index in [1.54, 1.807) is 21.6 Å². The molecule has 2 heterocycles. The lowest BCUT2D eigenvalue weighted by molar-refractivity contribution is -0.131. The fraction of sp³-hybridized carbons (Fsp3) is 0.812. The molecule has 24 heavy (non-hydrogen) atoms. The zero-order valence-corrected chi connectivity index (χ0v) is 15.0. The summed E-state index contributed by atoms with van der Waals surface area (Å²) < 4.78 is 4.97. The van der Waals surface area contributed by atoms with Crippen molar-refractivity contribution in [1.82, 2.24) is 20.0 Å². The summed E-state index contributed by atoms with van der Waals surface area (Å²) in [6, 6.07) is -0.334. The molecule has 0 saturated carbocycles. The van der Waals surface area contributed by atoms with Crippen LogP contribution in [0.2, 0.25) is 0 Å². The number of hydrogen-bond acceptors (Lipinski definition) is 4. The van der Waals surface area contributed by atoms with Crippen LogP contribution in [0.3, 0.4) is 0 Å². The van der Waals surface area contributed by atoms with Gasteiger partial charge in [-0.2, -0.15) is 0 Å². The number of likely N-dealkylation sites (tertiary alicyclic amines) is 1. The van der Waals surface area contributed by atoms with Gasteiger partial charge in [-0.05, 0) is 27.7 Å². The second kappa shape index (κ2) is 7.27. The average Bonchev–Trinajstić information content (AvgIpc) is 2.88. The maximum atomic E-state index is 12.4. The minimum Gasteiger partial charge on any atom is -0.450 e. The van der Waals surface area contributed by atoms with Crippen molar-refractivity contribution < 1.29 is 19.1 Å². The van der Waals surface area contributed by atoms with Crippen LogP contribution in [0.4, 0.5) is 9.59 Å². The summed E-state index contributed by atoms with van der Waals surface area (Å²) >= 11 is 0. The fourth-order valence-corrected chi connectivity index (χ4v) is 3.03. The summed E-state index contributed by atoms with van der Waals surface area (Å²) in [5.74, 6) is 0.0694. The van der Waals surface area contributed by atoms with Gasteiger partial charge in [0.2, 0.25) is 5.91 Å². The maximum Gasteiger partial charge on any atom is 0.409 e. The number of rotatable bonds is 2. The number of carbonyl (C=O) groups excluding carboxylic acids is 3. The van der Waals surface area contributed by atoms with Crippen LogP contribution in [-0.2, 0) is 9.53 Å². The Balaban J connectivity index is 1.80. The Morgan fingerprint density at radius 2 is 1.75 bits per heavy atom. The zero-order chi connectivity index (χ0) is 17.9. The van der Waals surface area contributed by atoms with Gasteiger partial charge in [0, 0.05) is 44.7 Å². The lowest BCUT2D eigenvalue weighted by Gasteiger charge is -2.35. The third kappa shape index (κ3) is 4.30. The summed E-state index contributed by atoms with van der Waals surface area (Å²) in [6.07, 6.45) is 0.00554. The van der Waals surface area contributed by atoms with Gasteiger partial charge >= 0.3 is 12.1 Å². The van der Waals surface area contributed by atoms with Gasteiger partial charge in [-0.1, -0.05) is 0 Å². The molecule has 136 valence electrons. The van der Waals surface area contributed by atoms with Crippen LogP contribution in [-0.4, -0.2) is 83.6 Å². The molecule has 0 aliphatic carbocycles. The first-order valence-electron chi connectivity index (χ1n) is 8.50. The van der Waals surface area contributed by atoms with Gasteiger partial charge in [0.1, 0.15) is 0 Å². The summed E-state index contributed by atoms with van der Waals surface area (Å²) in [5.41, 5.74) is -0.234. The minimum atomic E-state index is -0.334. The lowest BCUT2D eigenvalue weighted by Crippen LogP contribution is -2.55. The molecule has 0 bridgehead atoms. The van der Waals surface area contributed by atoms with Crippen LogP contribution < -0.4 is 5.32 Å². The van der Waals surface area contributed by atoms with E-state index in [9.17, 15) is 14.4 Å². The molecule has 0 radical (unpaired) electrons. The molecule has 0 aromatic heterocycles. The molecule has 2 fully saturated rings. The molecule has 8 heteroatoms. The largest absolute Gasteiger partial charge is 0.450 e. The molecule has 2 saturated heterocycles. The second-order valence-electron chi connectivity index (χ2n) is 7.20. The predicted octanol–water partition coefficient (Wildman–Crippen LogP) is 0.870. The number of nitrogens with one attached hydrogen (secondary N) is 1. The Morgan fingerprint density at radius 3 is 2.25 bits per heavy atom. The smallest absolute Gasteiger partial charge is 0.409 e. The van der Waals surface area contributed by atoms with Crippen molar-refractivity contribution in [2.24, 2.45) is 0 Å². The SMILES string of the molecule is CCOC(=O)N1CCN(C(=O)NC2CC(=O)N(C(C)(C)C)C2)CC1. The van der Waals surface area contributed by atoms with Crippen molar-refractivity contribution in [2.75, 3.05) is 39.3 Å². The molecule has 1 N–H and O–H groups in total. The van der Waals surface area contributed by atoms with Crippen molar-refractivity contribution in [2.45, 2.75) is 45.7 Å². The van der Waals surface area contributed by atoms with E-state index in [0.717, 1.165) is 0 Å². The fourth-order valence-electron chi connectivity index (χ4n) is 3.03. The Morgan fingerprint density at radius 1 is 1.17 bits per heavy atom. The summed E-state index contributed by atoms with van der Waals surface area (Å²) in [7, 11) is 0. The third-order valence-electron chi connectivity index (χ3n) is 4.36. The molecule has 1 atom stereocenters. The number of amides is 4. The van der Waals surface area contributed by atoms with E-state index in [1.165, 1.54) is 0 Å². The van der Waals surface area contributed by atoms with E-state index in [0.29, 0.717) is 45.8 Å². The molecule has 4 amide bonds. The highest BCUT2D eigenvalue weighted by Crippen LogP contribution is 2.22. The molecule has 0 spiro atoms. The first kappa shape index (κ1) is 18.4. The number of nitrogens with zero attached hydrogens (tertiary/aromatic N) is 3. The summed E-state index contributed by atoms with van der Waals surface area (Å²) in [5, 5.41) is 2.94. The van der Waals surface area contributed by atoms with E-state index in [4.69, 9.17) is 4.74 Å². The number of carbonyl (C=O) groups is 3. The molecule has 2 aliphatic heterocycles. The molecule has 0 aromatic rings. The van der Waals surface area contributed by atoms with Gasteiger partial charge in [-0.25, -0.2) is 9.59 Å². The van der Waals surface area contributed by atoms with E-state index in [-0.39, 0.29) is 29.6 Å². The minimum absolute atomic E-state index is 0.0694. The highest BCUT2D eigenvalue weighted by Gasteiger charge is 2.37. The van der Waals surface area contributed by atoms with Gasteiger partial charge in [0.15, 0.2) is 0 Å². The van der Waals surface area contributed by atoms with Crippen molar-refractivity contribution in [3.05, 3.63) is 0 Å². The molecular formula is C16H28N4O4. The van der Waals surface area contributed by atoms with E-state index in [1.807, 2.05) is 20.8 Å². The van der Waals surface area contributed by atoms with Crippen molar-refractivity contribution in [3.8, 4) is 0 Å².